The topological polar surface area (TPSA) is 38.8 Å². The summed E-state index contributed by atoms with van der Waals surface area (Å²) in [4.78, 5) is 12.0. The predicted octanol–water partition coefficient (Wildman–Crippen LogP) is 3.70. The summed E-state index contributed by atoms with van der Waals surface area (Å²) in [6.45, 7) is 10.9. The molecule has 1 saturated carbocycles. The van der Waals surface area contributed by atoms with Gasteiger partial charge >= 0.3 is 5.97 Å². The molecule has 0 bridgehead atoms. The lowest BCUT2D eigenvalue weighted by atomic mass is 9.74. The molecule has 3 nitrogen and oxygen atoms in total. The zero-order chi connectivity index (χ0) is 14.3. The summed E-state index contributed by atoms with van der Waals surface area (Å²) in [6, 6.07) is 0. The molecule has 19 heavy (non-hydrogen) atoms. The Labute approximate surface area is 117 Å². The Hall–Kier alpha value is -0.570. The molecule has 2 rings (SSSR count). The monoisotopic (exact) mass is 268 g/mol. The van der Waals surface area contributed by atoms with Crippen LogP contribution in [-0.2, 0) is 14.3 Å². The van der Waals surface area contributed by atoms with Crippen molar-refractivity contribution >= 4 is 5.97 Å². The second-order valence-corrected chi connectivity index (χ2v) is 7.13. The number of esters is 1. The summed E-state index contributed by atoms with van der Waals surface area (Å²) in [5.74, 6) is 0.401. The predicted molar refractivity (Wildman–Crippen MR) is 74.9 cm³/mol. The van der Waals surface area contributed by atoms with Crippen molar-refractivity contribution in [2.45, 2.75) is 77.9 Å². The summed E-state index contributed by atoms with van der Waals surface area (Å²) in [5, 5.41) is 0. The van der Waals surface area contributed by atoms with Crippen molar-refractivity contribution in [3.8, 4) is 0 Å². The quantitative estimate of drug-likeness (QED) is 0.563. The molecule has 1 heterocycles. The second-order valence-electron chi connectivity index (χ2n) is 7.13. The Balaban J connectivity index is 1.84. The molecular weight excluding hydrogens is 240 g/mol. The fourth-order valence-corrected chi connectivity index (χ4v) is 3.26. The third kappa shape index (κ3) is 2.54. The molecule has 1 aliphatic heterocycles. The van der Waals surface area contributed by atoms with Crippen molar-refractivity contribution in [2.24, 2.45) is 11.3 Å². The second kappa shape index (κ2) is 4.76. The maximum atomic E-state index is 12.0. The Morgan fingerprint density at radius 2 is 2.11 bits per heavy atom. The van der Waals surface area contributed by atoms with Crippen LogP contribution in [0.1, 0.15) is 66.7 Å². The minimum absolute atomic E-state index is 0.0643. The van der Waals surface area contributed by atoms with Crippen molar-refractivity contribution in [3.05, 3.63) is 0 Å². The van der Waals surface area contributed by atoms with Crippen molar-refractivity contribution in [1.29, 1.82) is 0 Å². The molecule has 3 unspecified atom stereocenters. The van der Waals surface area contributed by atoms with E-state index in [2.05, 4.69) is 13.8 Å². The number of carbonyl (C=O) groups excluding carboxylic acids is 1. The van der Waals surface area contributed by atoms with E-state index in [-0.39, 0.29) is 22.6 Å². The van der Waals surface area contributed by atoms with Gasteiger partial charge in [0.25, 0.3) is 0 Å². The van der Waals surface area contributed by atoms with Gasteiger partial charge in [0.15, 0.2) is 0 Å². The van der Waals surface area contributed by atoms with Crippen LogP contribution in [0.5, 0.6) is 0 Å². The number of ether oxygens (including phenoxy) is 2. The molecular formula is C16H28O3. The highest BCUT2D eigenvalue weighted by Crippen LogP contribution is 2.60. The molecule has 2 aliphatic rings. The molecule has 3 atom stereocenters. The fourth-order valence-electron chi connectivity index (χ4n) is 3.26. The average molecular weight is 268 g/mol. The number of carbonyl (C=O) groups is 1. The van der Waals surface area contributed by atoms with Gasteiger partial charge in [0.05, 0.1) is 23.2 Å². The molecule has 1 aliphatic carbocycles. The summed E-state index contributed by atoms with van der Waals surface area (Å²) in [7, 11) is 0. The van der Waals surface area contributed by atoms with E-state index >= 15 is 0 Å². The largest absolute Gasteiger partial charge is 0.465 e. The molecule has 1 saturated heterocycles. The first kappa shape index (κ1) is 14.8. The van der Waals surface area contributed by atoms with Crippen LogP contribution < -0.4 is 0 Å². The zero-order valence-corrected chi connectivity index (χ0v) is 13.0. The minimum atomic E-state index is -0.359. The van der Waals surface area contributed by atoms with E-state index in [9.17, 15) is 4.79 Å². The Kier molecular flexibility index (Phi) is 3.72. The first-order chi connectivity index (χ1) is 8.78. The van der Waals surface area contributed by atoms with Gasteiger partial charge in [-0.2, -0.15) is 0 Å². The van der Waals surface area contributed by atoms with Crippen molar-refractivity contribution < 1.29 is 14.3 Å². The normalized spacial score (nSPS) is 37.6. The summed E-state index contributed by atoms with van der Waals surface area (Å²) < 4.78 is 11.5. The molecule has 0 radical (unpaired) electrons. The zero-order valence-electron chi connectivity index (χ0n) is 13.0. The van der Waals surface area contributed by atoms with E-state index < -0.39 is 0 Å². The SMILES string of the molecule is CCC(C)(C)C(=O)OCC1CCC2(C)OC2(CC)C1. The molecule has 110 valence electrons. The molecule has 0 aromatic carbocycles. The van der Waals surface area contributed by atoms with Crippen LogP contribution in [0.3, 0.4) is 0 Å². The highest BCUT2D eigenvalue weighted by molar-refractivity contribution is 5.75. The summed E-state index contributed by atoms with van der Waals surface area (Å²) in [6.07, 6.45) is 5.13. The van der Waals surface area contributed by atoms with Crippen molar-refractivity contribution in [1.82, 2.24) is 0 Å². The smallest absolute Gasteiger partial charge is 0.311 e. The molecule has 0 aromatic heterocycles. The lowest BCUT2D eigenvalue weighted by Gasteiger charge is -2.29. The average Bonchev–Trinajstić information content (AvgIpc) is 3.01. The van der Waals surface area contributed by atoms with Crippen LogP contribution in [0.4, 0.5) is 0 Å². The van der Waals surface area contributed by atoms with Crippen molar-refractivity contribution in [2.75, 3.05) is 6.61 Å². The van der Waals surface area contributed by atoms with Gasteiger partial charge in [0.1, 0.15) is 0 Å². The molecule has 0 amide bonds. The highest BCUT2D eigenvalue weighted by atomic mass is 16.6. The number of hydrogen-bond acceptors (Lipinski definition) is 3. The third-order valence-corrected chi connectivity index (χ3v) is 5.45. The third-order valence-electron chi connectivity index (χ3n) is 5.45. The Morgan fingerprint density at radius 1 is 1.42 bits per heavy atom. The number of epoxide rings is 1. The lowest BCUT2D eigenvalue weighted by Crippen LogP contribution is -2.35. The molecule has 0 spiro atoms. The van der Waals surface area contributed by atoms with E-state index in [4.69, 9.17) is 9.47 Å². The van der Waals surface area contributed by atoms with E-state index in [0.717, 1.165) is 32.1 Å². The lowest BCUT2D eigenvalue weighted by molar-refractivity contribution is -0.156. The van der Waals surface area contributed by atoms with Crippen LogP contribution >= 0.6 is 0 Å². The van der Waals surface area contributed by atoms with E-state index in [0.29, 0.717) is 12.5 Å². The van der Waals surface area contributed by atoms with Gasteiger partial charge in [-0.05, 0) is 58.8 Å². The minimum Gasteiger partial charge on any atom is -0.465 e. The number of rotatable bonds is 5. The Morgan fingerprint density at radius 3 is 2.68 bits per heavy atom. The van der Waals surface area contributed by atoms with Gasteiger partial charge in [-0.1, -0.05) is 13.8 Å². The first-order valence-electron chi connectivity index (χ1n) is 7.66. The summed E-state index contributed by atoms with van der Waals surface area (Å²) in [5.41, 5.74) is -0.185. The molecule has 0 aromatic rings. The van der Waals surface area contributed by atoms with Gasteiger partial charge in [-0.25, -0.2) is 0 Å². The standard InChI is InChI=1S/C16H28O3/c1-6-14(3,4)13(17)18-11-12-8-9-15(5)16(7-2,10-12)19-15/h12H,6-11H2,1-5H3. The van der Waals surface area contributed by atoms with Crippen LogP contribution in [0, 0.1) is 11.3 Å². The maximum absolute atomic E-state index is 12.0. The van der Waals surface area contributed by atoms with Gasteiger partial charge < -0.3 is 9.47 Å². The van der Waals surface area contributed by atoms with E-state index in [1.807, 2.05) is 20.8 Å². The molecule has 3 heteroatoms. The van der Waals surface area contributed by atoms with Gasteiger partial charge in [0, 0.05) is 0 Å². The van der Waals surface area contributed by atoms with Crippen LogP contribution in [-0.4, -0.2) is 23.8 Å². The fraction of sp³-hybridized carbons (Fsp3) is 0.938. The van der Waals surface area contributed by atoms with Crippen LogP contribution in [0.25, 0.3) is 0 Å². The molecule has 0 N–H and O–H groups in total. The van der Waals surface area contributed by atoms with Crippen molar-refractivity contribution in [3.63, 3.8) is 0 Å². The van der Waals surface area contributed by atoms with Gasteiger partial charge in [-0.3, -0.25) is 4.79 Å². The van der Waals surface area contributed by atoms with Crippen LogP contribution in [0.15, 0.2) is 0 Å². The van der Waals surface area contributed by atoms with E-state index in [1.165, 1.54) is 0 Å². The van der Waals surface area contributed by atoms with Gasteiger partial charge in [0.2, 0.25) is 0 Å². The summed E-state index contributed by atoms with van der Waals surface area (Å²) >= 11 is 0. The highest BCUT2D eigenvalue weighted by Gasteiger charge is 2.67. The first-order valence-corrected chi connectivity index (χ1v) is 7.66. The number of hydrogen-bond donors (Lipinski definition) is 0. The Bertz CT molecular complexity index is 363. The van der Waals surface area contributed by atoms with Crippen LogP contribution in [0.2, 0.25) is 0 Å². The van der Waals surface area contributed by atoms with E-state index in [1.54, 1.807) is 0 Å². The maximum Gasteiger partial charge on any atom is 0.311 e. The van der Waals surface area contributed by atoms with Gasteiger partial charge in [-0.15, -0.1) is 0 Å². The number of fused-ring (bicyclic) bond motifs is 1. The molecule has 2 fully saturated rings.